The highest BCUT2D eigenvalue weighted by Crippen LogP contribution is 2.18. The third-order valence-corrected chi connectivity index (χ3v) is 3.12. The quantitative estimate of drug-likeness (QED) is 0.657. The minimum absolute atomic E-state index is 0.269. The summed E-state index contributed by atoms with van der Waals surface area (Å²) in [5.74, 6) is 1.10. The minimum atomic E-state index is -0.269. The molecule has 0 aromatic heterocycles. The Morgan fingerprint density at radius 3 is 2.38 bits per heavy atom. The standard InChI is InChI=1S/C16H16FNO2S/c1-11-10-13(17)4-7-15(11)20-9-8-19-14-5-2-12(3-6-14)16(18)21/h2-7,10H,8-9H2,1H3,(H2,18,21). The lowest BCUT2D eigenvalue weighted by molar-refractivity contribution is 0.216. The number of ether oxygens (including phenoxy) is 2. The molecule has 0 unspecified atom stereocenters. The molecular weight excluding hydrogens is 289 g/mol. The van der Waals surface area contributed by atoms with Crippen LogP contribution in [0.2, 0.25) is 0 Å². The average molecular weight is 305 g/mol. The lowest BCUT2D eigenvalue weighted by Crippen LogP contribution is -2.11. The second-order valence-corrected chi connectivity index (χ2v) is 4.94. The van der Waals surface area contributed by atoms with Crippen molar-refractivity contribution in [1.82, 2.24) is 0 Å². The lowest BCUT2D eigenvalue weighted by atomic mass is 10.2. The van der Waals surface area contributed by atoms with Gasteiger partial charge in [-0.25, -0.2) is 4.39 Å². The first-order chi connectivity index (χ1) is 10.1. The first-order valence-corrected chi connectivity index (χ1v) is 6.89. The topological polar surface area (TPSA) is 44.5 Å². The summed E-state index contributed by atoms with van der Waals surface area (Å²) in [6, 6.07) is 11.6. The maximum atomic E-state index is 12.9. The van der Waals surface area contributed by atoms with E-state index in [1.165, 1.54) is 12.1 Å². The smallest absolute Gasteiger partial charge is 0.123 e. The van der Waals surface area contributed by atoms with Crippen LogP contribution in [0.25, 0.3) is 0 Å². The van der Waals surface area contributed by atoms with Gasteiger partial charge in [0.25, 0.3) is 0 Å². The van der Waals surface area contributed by atoms with Crippen LogP contribution in [0.15, 0.2) is 42.5 Å². The highest BCUT2D eigenvalue weighted by Gasteiger charge is 2.02. The van der Waals surface area contributed by atoms with Crippen LogP contribution in [0.5, 0.6) is 11.5 Å². The molecule has 5 heteroatoms. The van der Waals surface area contributed by atoms with Gasteiger partial charge in [-0.2, -0.15) is 0 Å². The van der Waals surface area contributed by atoms with Gasteiger partial charge in [0.1, 0.15) is 35.5 Å². The Morgan fingerprint density at radius 2 is 1.76 bits per heavy atom. The molecule has 110 valence electrons. The fourth-order valence-corrected chi connectivity index (χ4v) is 1.94. The van der Waals surface area contributed by atoms with E-state index in [0.29, 0.717) is 24.0 Å². The molecule has 0 amide bonds. The maximum absolute atomic E-state index is 12.9. The Balaban J connectivity index is 1.80. The first kappa shape index (κ1) is 15.3. The lowest BCUT2D eigenvalue weighted by Gasteiger charge is -2.10. The molecule has 2 aromatic carbocycles. The molecule has 0 aliphatic carbocycles. The van der Waals surface area contributed by atoms with E-state index in [1.807, 2.05) is 12.1 Å². The van der Waals surface area contributed by atoms with E-state index in [2.05, 4.69) is 0 Å². The van der Waals surface area contributed by atoms with Crippen LogP contribution >= 0.6 is 12.2 Å². The Hall–Kier alpha value is -2.14. The molecule has 0 atom stereocenters. The van der Waals surface area contributed by atoms with Gasteiger partial charge >= 0.3 is 0 Å². The Bertz CT molecular complexity index is 629. The molecule has 0 saturated heterocycles. The zero-order valence-electron chi connectivity index (χ0n) is 11.6. The van der Waals surface area contributed by atoms with Crippen molar-refractivity contribution < 1.29 is 13.9 Å². The summed E-state index contributed by atoms with van der Waals surface area (Å²) in [5, 5.41) is 0. The zero-order chi connectivity index (χ0) is 15.2. The molecule has 3 nitrogen and oxygen atoms in total. The predicted molar refractivity (Wildman–Crippen MR) is 84.5 cm³/mol. The van der Waals surface area contributed by atoms with E-state index in [0.717, 1.165) is 16.9 Å². The van der Waals surface area contributed by atoms with Gasteiger partial charge in [-0.1, -0.05) is 12.2 Å². The SMILES string of the molecule is Cc1cc(F)ccc1OCCOc1ccc(C(N)=S)cc1. The van der Waals surface area contributed by atoms with E-state index in [4.69, 9.17) is 27.4 Å². The van der Waals surface area contributed by atoms with Gasteiger partial charge in [-0.05, 0) is 55.0 Å². The number of hydrogen-bond donors (Lipinski definition) is 1. The highest BCUT2D eigenvalue weighted by molar-refractivity contribution is 7.80. The van der Waals surface area contributed by atoms with Gasteiger partial charge < -0.3 is 15.2 Å². The van der Waals surface area contributed by atoms with Crippen molar-refractivity contribution >= 4 is 17.2 Å². The summed E-state index contributed by atoms with van der Waals surface area (Å²) in [5.41, 5.74) is 7.08. The van der Waals surface area contributed by atoms with Gasteiger partial charge in [0.05, 0.1) is 0 Å². The molecule has 21 heavy (non-hydrogen) atoms. The summed E-state index contributed by atoms with van der Waals surface area (Å²) in [4.78, 5) is 0.358. The number of aryl methyl sites for hydroxylation is 1. The molecule has 2 aromatic rings. The summed E-state index contributed by atoms with van der Waals surface area (Å²) in [6.07, 6.45) is 0. The summed E-state index contributed by atoms with van der Waals surface area (Å²) in [6.45, 7) is 2.57. The molecule has 2 rings (SSSR count). The molecule has 0 spiro atoms. The van der Waals surface area contributed by atoms with Crippen LogP contribution in [-0.4, -0.2) is 18.2 Å². The maximum Gasteiger partial charge on any atom is 0.123 e. The van der Waals surface area contributed by atoms with Gasteiger partial charge in [0.2, 0.25) is 0 Å². The van der Waals surface area contributed by atoms with Crippen molar-refractivity contribution in [2.24, 2.45) is 5.73 Å². The van der Waals surface area contributed by atoms with E-state index >= 15 is 0 Å². The van der Waals surface area contributed by atoms with Crippen molar-refractivity contribution in [3.63, 3.8) is 0 Å². The van der Waals surface area contributed by atoms with Gasteiger partial charge in [0.15, 0.2) is 0 Å². The van der Waals surface area contributed by atoms with Crippen LogP contribution in [0.3, 0.4) is 0 Å². The normalized spacial score (nSPS) is 10.2. The molecule has 2 N–H and O–H groups in total. The summed E-state index contributed by atoms with van der Waals surface area (Å²) < 4.78 is 24.0. The largest absolute Gasteiger partial charge is 0.490 e. The summed E-state index contributed by atoms with van der Waals surface area (Å²) in [7, 11) is 0. The van der Waals surface area contributed by atoms with Crippen molar-refractivity contribution in [2.45, 2.75) is 6.92 Å². The van der Waals surface area contributed by atoms with Crippen LogP contribution in [-0.2, 0) is 0 Å². The average Bonchev–Trinajstić information content (AvgIpc) is 2.46. The fraction of sp³-hybridized carbons (Fsp3) is 0.188. The molecule has 0 fully saturated rings. The Labute approximate surface area is 128 Å². The minimum Gasteiger partial charge on any atom is -0.490 e. The van der Waals surface area contributed by atoms with E-state index in [9.17, 15) is 4.39 Å². The first-order valence-electron chi connectivity index (χ1n) is 6.48. The molecule has 0 saturated carbocycles. The molecule has 0 aliphatic heterocycles. The zero-order valence-corrected chi connectivity index (χ0v) is 12.5. The van der Waals surface area contributed by atoms with Crippen molar-refractivity contribution in [3.8, 4) is 11.5 Å². The second kappa shape index (κ2) is 7.04. The number of benzene rings is 2. The van der Waals surface area contributed by atoms with Gasteiger partial charge in [-0.15, -0.1) is 0 Å². The van der Waals surface area contributed by atoms with Crippen LogP contribution in [0.1, 0.15) is 11.1 Å². The van der Waals surface area contributed by atoms with Crippen molar-refractivity contribution in [1.29, 1.82) is 0 Å². The van der Waals surface area contributed by atoms with E-state index in [-0.39, 0.29) is 5.82 Å². The molecule has 0 radical (unpaired) electrons. The van der Waals surface area contributed by atoms with Crippen molar-refractivity contribution in [2.75, 3.05) is 13.2 Å². The van der Waals surface area contributed by atoms with Crippen LogP contribution in [0.4, 0.5) is 4.39 Å². The highest BCUT2D eigenvalue weighted by atomic mass is 32.1. The number of nitrogens with two attached hydrogens (primary N) is 1. The molecule has 0 bridgehead atoms. The third kappa shape index (κ3) is 4.43. The predicted octanol–water partition coefficient (Wildman–Crippen LogP) is 3.23. The second-order valence-electron chi connectivity index (χ2n) is 4.50. The van der Waals surface area contributed by atoms with Crippen LogP contribution in [0, 0.1) is 12.7 Å². The van der Waals surface area contributed by atoms with E-state index in [1.54, 1.807) is 25.1 Å². The molecule has 0 heterocycles. The third-order valence-electron chi connectivity index (χ3n) is 2.89. The van der Waals surface area contributed by atoms with Crippen molar-refractivity contribution in [3.05, 3.63) is 59.4 Å². The van der Waals surface area contributed by atoms with Gasteiger partial charge in [0, 0.05) is 5.56 Å². The number of rotatable bonds is 6. The van der Waals surface area contributed by atoms with E-state index < -0.39 is 0 Å². The number of hydrogen-bond acceptors (Lipinski definition) is 3. The molecule has 0 aliphatic rings. The van der Waals surface area contributed by atoms with Gasteiger partial charge in [-0.3, -0.25) is 0 Å². The number of thiocarbonyl (C=S) groups is 1. The molecular formula is C16H16FNO2S. The van der Waals surface area contributed by atoms with Crippen LogP contribution < -0.4 is 15.2 Å². The summed E-state index contributed by atoms with van der Waals surface area (Å²) >= 11 is 4.88. The monoisotopic (exact) mass is 305 g/mol. The Kier molecular flexibility index (Phi) is 5.11. The fourth-order valence-electron chi connectivity index (χ4n) is 1.80. The number of halogens is 1. The Morgan fingerprint density at radius 1 is 1.10 bits per heavy atom.